The van der Waals surface area contributed by atoms with E-state index in [9.17, 15) is 18.0 Å². The lowest BCUT2D eigenvalue weighted by Gasteiger charge is -2.28. The second-order valence-electron chi connectivity index (χ2n) is 11.6. The van der Waals surface area contributed by atoms with Crippen LogP contribution in [0.1, 0.15) is 39.2 Å². The van der Waals surface area contributed by atoms with Crippen molar-refractivity contribution in [3.05, 3.63) is 66.6 Å². The molecule has 3 aromatic rings. The molecule has 13 nitrogen and oxygen atoms in total. The molecule has 0 saturated carbocycles. The number of rotatable bonds is 19. The molecule has 1 aliphatic heterocycles. The molecular weight excluding hydrogens is 650 g/mol. The SMILES string of the molecule is CC[NH+](CC)CC.Cc1cc(-c2cnc(-c3cc[n+](CCCS(=O)(=O)O)cc3)o2)ccc1N(CCCOCCO)CCN1C(=O)C=CC1=O. The van der Waals surface area contributed by atoms with Gasteiger partial charge in [0.15, 0.2) is 18.2 Å². The second-order valence-corrected chi connectivity index (χ2v) is 13.2. The van der Waals surface area contributed by atoms with Gasteiger partial charge in [-0.15, -0.1) is 0 Å². The van der Waals surface area contributed by atoms with Crippen LogP contribution in [0.25, 0.3) is 22.8 Å². The zero-order chi connectivity index (χ0) is 35.8. The van der Waals surface area contributed by atoms with Crippen molar-refractivity contribution in [1.82, 2.24) is 9.88 Å². The highest BCUT2D eigenvalue weighted by molar-refractivity contribution is 7.85. The van der Waals surface area contributed by atoms with Gasteiger partial charge < -0.3 is 24.1 Å². The van der Waals surface area contributed by atoms with E-state index >= 15 is 0 Å². The van der Waals surface area contributed by atoms with Crippen molar-refractivity contribution in [1.29, 1.82) is 0 Å². The van der Waals surface area contributed by atoms with Crippen LogP contribution in [0, 0.1) is 6.92 Å². The first-order valence-electron chi connectivity index (χ1n) is 16.8. The molecule has 3 heterocycles. The highest BCUT2D eigenvalue weighted by atomic mass is 32.2. The fourth-order valence-corrected chi connectivity index (χ4v) is 5.88. The van der Waals surface area contributed by atoms with E-state index in [0.29, 0.717) is 50.7 Å². The van der Waals surface area contributed by atoms with Crippen molar-refractivity contribution in [2.75, 3.05) is 69.7 Å². The number of nitrogens with one attached hydrogen (secondary N) is 1. The van der Waals surface area contributed by atoms with Crippen molar-refractivity contribution in [3.63, 3.8) is 0 Å². The molecule has 1 aliphatic rings. The summed E-state index contributed by atoms with van der Waals surface area (Å²) in [6.45, 7) is 15.0. The fourth-order valence-electron chi connectivity index (χ4n) is 5.38. The number of nitrogens with zero attached hydrogens (tertiary/aromatic N) is 4. The van der Waals surface area contributed by atoms with Gasteiger partial charge in [-0.3, -0.25) is 19.0 Å². The number of carbonyl (C=O) groups is 2. The molecule has 0 radical (unpaired) electrons. The molecular formula is C35H51N5O8S+2. The summed E-state index contributed by atoms with van der Waals surface area (Å²) in [5, 5.41) is 8.94. The van der Waals surface area contributed by atoms with Crippen LogP contribution in [-0.4, -0.2) is 105 Å². The maximum atomic E-state index is 12.0. The summed E-state index contributed by atoms with van der Waals surface area (Å²) >= 11 is 0. The lowest BCUT2D eigenvalue weighted by atomic mass is 10.1. The number of aryl methyl sites for hydroxylation is 2. The minimum atomic E-state index is -3.98. The van der Waals surface area contributed by atoms with E-state index in [1.54, 1.807) is 23.5 Å². The number of aliphatic hydroxyl groups excluding tert-OH is 1. The topological polar surface area (TPSA) is 159 Å². The van der Waals surface area contributed by atoms with E-state index in [0.717, 1.165) is 22.4 Å². The van der Waals surface area contributed by atoms with Crippen molar-refractivity contribution in [2.24, 2.45) is 0 Å². The largest absolute Gasteiger partial charge is 0.436 e. The third-order valence-electron chi connectivity index (χ3n) is 8.23. The number of hydrogen-bond acceptors (Lipinski definition) is 9. The Morgan fingerprint density at radius 3 is 2.20 bits per heavy atom. The van der Waals surface area contributed by atoms with E-state index in [1.807, 2.05) is 41.8 Å². The summed E-state index contributed by atoms with van der Waals surface area (Å²) in [7, 11) is -3.98. The van der Waals surface area contributed by atoms with Gasteiger partial charge in [-0.2, -0.15) is 8.42 Å². The molecule has 3 N–H and O–H groups in total. The van der Waals surface area contributed by atoms with Crippen molar-refractivity contribution < 1.29 is 46.3 Å². The standard InChI is InChI=1S/C29H34N4O8S.C6H15N/c1-22-20-24(26-21-30-29(41-26)23-8-12-31(13-9-23)10-3-19-42(37,38)39)4-5-25(22)32(11-2-17-40-18-16-34)14-15-33-27(35)6-7-28(33)36;1-4-7(5-2)6-3/h4-9,12-13,20-21,34H,2-3,10-11,14-19H2,1H3;4-6H2,1-3H3/p+2. The number of ether oxygens (including phenoxy) is 1. The van der Waals surface area contributed by atoms with Crippen LogP contribution < -0.4 is 14.4 Å². The van der Waals surface area contributed by atoms with Crippen molar-refractivity contribution >= 4 is 27.6 Å². The maximum Gasteiger partial charge on any atom is 0.265 e. The summed E-state index contributed by atoms with van der Waals surface area (Å²) in [4.78, 5) is 33.5. The number of anilines is 1. The summed E-state index contributed by atoms with van der Waals surface area (Å²) in [6.07, 6.45) is 8.80. The molecule has 268 valence electrons. The average Bonchev–Trinajstić information content (AvgIpc) is 3.70. The number of quaternary nitrogens is 1. The Morgan fingerprint density at radius 2 is 1.63 bits per heavy atom. The number of imide groups is 1. The fraction of sp³-hybridized carbons (Fsp3) is 0.486. The molecule has 0 fully saturated rings. The van der Waals surface area contributed by atoms with Crippen LogP contribution in [0.3, 0.4) is 0 Å². The first-order valence-corrected chi connectivity index (χ1v) is 18.4. The third kappa shape index (κ3) is 12.8. The molecule has 14 heteroatoms. The van der Waals surface area contributed by atoms with Gasteiger partial charge in [0, 0.05) is 73.8 Å². The van der Waals surface area contributed by atoms with E-state index in [1.165, 1.54) is 36.7 Å². The van der Waals surface area contributed by atoms with Crippen LogP contribution in [0.2, 0.25) is 0 Å². The van der Waals surface area contributed by atoms with Crippen LogP contribution in [0.15, 0.2) is 65.5 Å². The number of hydrogen-bond donors (Lipinski definition) is 3. The number of aromatic nitrogens is 2. The molecule has 0 spiro atoms. The Labute approximate surface area is 289 Å². The number of carbonyl (C=O) groups excluding carboxylic acids is 2. The minimum absolute atomic E-state index is 0.0379. The maximum absolute atomic E-state index is 12.0. The third-order valence-corrected chi connectivity index (χ3v) is 9.04. The van der Waals surface area contributed by atoms with Gasteiger partial charge in [0.05, 0.1) is 44.8 Å². The summed E-state index contributed by atoms with van der Waals surface area (Å²) < 4.78 is 44.0. The Morgan fingerprint density at radius 1 is 0.959 bits per heavy atom. The van der Waals surface area contributed by atoms with Gasteiger partial charge >= 0.3 is 0 Å². The summed E-state index contributed by atoms with van der Waals surface area (Å²) in [6, 6.07) is 9.56. The van der Waals surface area contributed by atoms with Crippen LogP contribution in [0.4, 0.5) is 5.69 Å². The molecule has 0 aliphatic carbocycles. The van der Waals surface area contributed by atoms with Gasteiger partial charge in [-0.1, -0.05) is 0 Å². The predicted molar refractivity (Wildman–Crippen MR) is 187 cm³/mol. The Balaban J connectivity index is 0.000000838. The first kappa shape index (κ1) is 39.5. The average molecular weight is 702 g/mol. The number of pyridine rings is 1. The van der Waals surface area contributed by atoms with Crippen LogP contribution in [-0.2, 0) is 31.0 Å². The zero-order valence-electron chi connectivity index (χ0n) is 29.0. The molecule has 0 unspecified atom stereocenters. The molecule has 0 bridgehead atoms. The molecule has 49 heavy (non-hydrogen) atoms. The minimum Gasteiger partial charge on any atom is -0.436 e. The van der Waals surface area contributed by atoms with Crippen molar-refractivity contribution in [3.8, 4) is 22.8 Å². The molecule has 2 aromatic heterocycles. The Bertz CT molecular complexity index is 1600. The smallest absolute Gasteiger partial charge is 0.265 e. The number of oxazole rings is 1. The zero-order valence-corrected chi connectivity index (χ0v) is 29.8. The summed E-state index contributed by atoms with van der Waals surface area (Å²) in [5.74, 6) is 0.104. The van der Waals surface area contributed by atoms with Crippen molar-refractivity contribution in [2.45, 2.75) is 47.1 Å². The lowest BCUT2D eigenvalue weighted by Crippen LogP contribution is -3.11. The molecule has 1 aromatic carbocycles. The molecule has 0 saturated heterocycles. The monoisotopic (exact) mass is 701 g/mol. The molecule has 4 rings (SSSR count). The van der Waals surface area contributed by atoms with Gasteiger partial charge in [-0.05, 0) is 57.9 Å². The van der Waals surface area contributed by atoms with E-state index in [4.69, 9.17) is 18.8 Å². The van der Waals surface area contributed by atoms with Gasteiger partial charge in [0.25, 0.3) is 21.9 Å². The lowest BCUT2D eigenvalue weighted by molar-refractivity contribution is -0.894. The highest BCUT2D eigenvalue weighted by Crippen LogP contribution is 2.30. The van der Waals surface area contributed by atoms with Crippen LogP contribution in [0.5, 0.6) is 0 Å². The number of benzene rings is 1. The predicted octanol–water partition coefficient (Wildman–Crippen LogP) is 1.94. The normalized spacial score (nSPS) is 12.9. The molecule has 0 atom stereocenters. The highest BCUT2D eigenvalue weighted by Gasteiger charge is 2.24. The summed E-state index contributed by atoms with van der Waals surface area (Å²) in [5.41, 5.74) is 3.53. The van der Waals surface area contributed by atoms with E-state index < -0.39 is 10.1 Å². The molecule has 2 amide bonds. The number of aliphatic hydroxyl groups is 1. The van der Waals surface area contributed by atoms with Gasteiger partial charge in [-0.25, -0.2) is 9.55 Å². The second kappa shape index (κ2) is 19.9. The van der Waals surface area contributed by atoms with E-state index in [-0.39, 0.29) is 37.3 Å². The van der Waals surface area contributed by atoms with Gasteiger partial charge in [0.1, 0.15) is 6.54 Å². The Kier molecular flexibility index (Phi) is 16.0. The quantitative estimate of drug-likeness (QED) is 0.0730. The van der Waals surface area contributed by atoms with E-state index in [2.05, 4.69) is 30.7 Å². The Hall–Kier alpha value is -3.95. The van der Waals surface area contributed by atoms with Gasteiger partial charge in [0.2, 0.25) is 5.89 Å². The van der Waals surface area contributed by atoms with Crippen LogP contribution >= 0.6 is 0 Å². The first-order chi connectivity index (χ1) is 23.5. The number of amides is 2.